The monoisotopic (exact) mass is 344 g/mol. The Morgan fingerprint density at radius 3 is 1.88 bits per heavy atom. The van der Waals surface area contributed by atoms with Crippen LogP contribution in [0.25, 0.3) is 0 Å². The molecule has 0 amide bonds. The van der Waals surface area contributed by atoms with Crippen LogP contribution in [-0.2, 0) is 22.4 Å². The number of rotatable bonds is 7. The third-order valence-corrected chi connectivity index (χ3v) is 3.61. The molecule has 0 fully saturated rings. The lowest BCUT2D eigenvalue weighted by Crippen LogP contribution is -2.36. The number of carbonyl (C=O) groups excluding carboxylic acids is 1. The van der Waals surface area contributed by atoms with Crippen molar-refractivity contribution in [2.75, 3.05) is 0 Å². The van der Waals surface area contributed by atoms with E-state index in [0.717, 1.165) is 11.1 Å². The van der Waals surface area contributed by atoms with Crippen LogP contribution in [0.2, 0.25) is 0 Å². The van der Waals surface area contributed by atoms with Gasteiger partial charge in [0, 0.05) is 0 Å². The van der Waals surface area contributed by atoms with Gasteiger partial charge in [0.1, 0.15) is 23.6 Å². The van der Waals surface area contributed by atoms with Crippen molar-refractivity contribution in [1.82, 2.24) is 0 Å². The number of carboxylic acids is 1. The SMILES string of the molecule is N[C@@H](Cc1ccc(OC(=O)[C@@H](N)Cc2ccc(O)cc2)cc1)C(=O)O. The Morgan fingerprint density at radius 2 is 1.36 bits per heavy atom. The van der Waals surface area contributed by atoms with Gasteiger partial charge in [-0.15, -0.1) is 0 Å². The minimum absolute atomic E-state index is 0.141. The van der Waals surface area contributed by atoms with Crippen molar-refractivity contribution in [2.24, 2.45) is 11.5 Å². The van der Waals surface area contributed by atoms with Crippen LogP contribution < -0.4 is 16.2 Å². The summed E-state index contributed by atoms with van der Waals surface area (Å²) in [5.41, 5.74) is 12.8. The van der Waals surface area contributed by atoms with Crippen LogP contribution >= 0.6 is 0 Å². The van der Waals surface area contributed by atoms with E-state index in [0.29, 0.717) is 5.75 Å². The number of aromatic hydroxyl groups is 1. The molecule has 132 valence electrons. The van der Waals surface area contributed by atoms with Gasteiger partial charge in [0.2, 0.25) is 0 Å². The summed E-state index contributed by atoms with van der Waals surface area (Å²) in [4.78, 5) is 22.8. The fraction of sp³-hybridized carbons (Fsp3) is 0.222. The van der Waals surface area contributed by atoms with Crippen LogP contribution in [0.15, 0.2) is 48.5 Å². The predicted octanol–water partition coefficient (Wildman–Crippen LogP) is 0.822. The van der Waals surface area contributed by atoms with Gasteiger partial charge in [-0.05, 0) is 48.2 Å². The molecular weight excluding hydrogens is 324 g/mol. The summed E-state index contributed by atoms with van der Waals surface area (Å²) >= 11 is 0. The standard InChI is InChI=1S/C18H20N2O5/c19-15(17(22)23)9-12-3-7-14(8-4-12)25-18(24)16(20)10-11-1-5-13(21)6-2-11/h1-8,15-16,21H,9-10,19-20H2,(H,22,23)/t15-,16-/m0/s1. The van der Waals surface area contributed by atoms with Crippen LogP contribution in [0.1, 0.15) is 11.1 Å². The number of aliphatic carboxylic acids is 1. The Balaban J connectivity index is 1.91. The first-order valence-electron chi connectivity index (χ1n) is 7.67. The van der Waals surface area contributed by atoms with Crippen molar-refractivity contribution < 1.29 is 24.5 Å². The van der Waals surface area contributed by atoms with E-state index in [4.69, 9.17) is 21.3 Å². The largest absolute Gasteiger partial charge is 0.508 e. The lowest BCUT2D eigenvalue weighted by atomic mass is 10.1. The molecule has 0 radical (unpaired) electrons. The van der Waals surface area contributed by atoms with E-state index in [-0.39, 0.29) is 18.6 Å². The molecule has 0 unspecified atom stereocenters. The number of phenolic OH excluding ortho intramolecular Hbond substituents is 1. The second-order valence-electron chi connectivity index (χ2n) is 5.69. The van der Waals surface area contributed by atoms with Gasteiger partial charge < -0.3 is 26.4 Å². The van der Waals surface area contributed by atoms with Gasteiger partial charge in [-0.2, -0.15) is 0 Å². The van der Waals surface area contributed by atoms with Crippen molar-refractivity contribution in [3.8, 4) is 11.5 Å². The predicted molar refractivity (Wildman–Crippen MR) is 91.2 cm³/mol. The molecule has 0 saturated carbocycles. The summed E-state index contributed by atoms with van der Waals surface area (Å²) in [5.74, 6) is -1.19. The topological polar surface area (TPSA) is 136 Å². The van der Waals surface area contributed by atoms with E-state index in [1.54, 1.807) is 36.4 Å². The summed E-state index contributed by atoms with van der Waals surface area (Å²) in [6.07, 6.45) is 0.467. The fourth-order valence-corrected chi connectivity index (χ4v) is 2.20. The number of hydrogen-bond donors (Lipinski definition) is 4. The number of benzene rings is 2. The molecule has 2 aromatic carbocycles. The van der Waals surface area contributed by atoms with E-state index in [1.807, 2.05) is 0 Å². The average Bonchev–Trinajstić information content (AvgIpc) is 2.58. The van der Waals surface area contributed by atoms with Crippen molar-refractivity contribution in [3.05, 3.63) is 59.7 Å². The number of ether oxygens (including phenoxy) is 1. The van der Waals surface area contributed by atoms with Gasteiger partial charge in [-0.3, -0.25) is 4.79 Å². The van der Waals surface area contributed by atoms with Crippen LogP contribution in [-0.4, -0.2) is 34.2 Å². The highest BCUT2D eigenvalue weighted by Crippen LogP contribution is 2.15. The van der Waals surface area contributed by atoms with Crippen LogP contribution in [0, 0.1) is 0 Å². The zero-order valence-electron chi connectivity index (χ0n) is 13.5. The lowest BCUT2D eigenvalue weighted by molar-refractivity contribution is -0.138. The van der Waals surface area contributed by atoms with E-state index in [2.05, 4.69) is 0 Å². The maximum absolute atomic E-state index is 12.0. The summed E-state index contributed by atoms with van der Waals surface area (Å²) in [6.45, 7) is 0. The third-order valence-electron chi connectivity index (χ3n) is 3.61. The maximum atomic E-state index is 12.0. The molecule has 0 aliphatic carbocycles. The molecule has 7 nitrogen and oxygen atoms in total. The first-order chi connectivity index (χ1) is 11.8. The molecule has 2 atom stereocenters. The molecular formula is C18H20N2O5. The van der Waals surface area contributed by atoms with Crippen LogP contribution in [0.3, 0.4) is 0 Å². The number of carboxylic acid groups (broad SMARTS) is 1. The van der Waals surface area contributed by atoms with Crippen molar-refractivity contribution in [1.29, 1.82) is 0 Å². The van der Waals surface area contributed by atoms with E-state index in [1.165, 1.54) is 12.1 Å². The van der Waals surface area contributed by atoms with Gasteiger partial charge in [-0.1, -0.05) is 24.3 Å². The van der Waals surface area contributed by atoms with Gasteiger partial charge >= 0.3 is 11.9 Å². The summed E-state index contributed by atoms with van der Waals surface area (Å²) in [7, 11) is 0. The molecule has 0 saturated heterocycles. The number of esters is 1. The molecule has 0 heterocycles. The molecule has 25 heavy (non-hydrogen) atoms. The van der Waals surface area contributed by atoms with Gasteiger partial charge in [0.25, 0.3) is 0 Å². The van der Waals surface area contributed by atoms with Gasteiger partial charge in [-0.25, -0.2) is 4.79 Å². The Bertz CT molecular complexity index is 728. The van der Waals surface area contributed by atoms with Crippen molar-refractivity contribution in [3.63, 3.8) is 0 Å². The summed E-state index contributed by atoms with van der Waals surface area (Å²) in [5, 5.41) is 18.0. The maximum Gasteiger partial charge on any atom is 0.328 e. The highest BCUT2D eigenvalue weighted by Gasteiger charge is 2.17. The normalized spacial score (nSPS) is 13.0. The molecule has 7 heteroatoms. The number of nitrogens with two attached hydrogens (primary N) is 2. The molecule has 0 aliphatic heterocycles. The first-order valence-corrected chi connectivity index (χ1v) is 7.67. The second-order valence-corrected chi connectivity index (χ2v) is 5.69. The Kier molecular flexibility index (Phi) is 6.10. The number of phenols is 1. The van der Waals surface area contributed by atoms with E-state index in [9.17, 15) is 14.7 Å². The molecule has 0 aliphatic rings. The third kappa shape index (κ3) is 5.59. The highest BCUT2D eigenvalue weighted by atomic mass is 16.5. The highest BCUT2D eigenvalue weighted by molar-refractivity contribution is 5.78. The Hall–Kier alpha value is -2.90. The molecule has 0 aromatic heterocycles. The van der Waals surface area contributed by atoms with Gasteiger partial charge in [0.05, 0.1) is 0 Å². The zero-order chi connectivity index (χ0) is 18.4. The fourth-order valence-electron chi connectivity index (χ4n) is 2.20. The van der Waals surface area contributed by atoms with Crippen molar-refractivity contribution in [2.45, 2.75) is 24.9 Å². The minimum atomic E-state index is -1.07. The minimum Gasteiger partial charge on any atom is -0.508 e. The summed E-state index contributed by atoms with van der Waals surface area (Å²) in [6, 6.07) is 11.0. The first kappa shape index (κ1) is 18.4. The zero-order valence-corrected chi connectivity index (χ0v) is 13.5. The smallest absolute Gasteiger partial charge is 0.328 e. The lowest BCUT2D eigenvalue weighted by Gasteiger charge is -2.12. The Morgan fingerprint density at radius 1 is 0.880 bits per heavy atom. The molecule has 2 aromatic rings. The van der Waals surface area contributed by atoms with Crippen LogP contribution in [0.4, 0.5) is 0 Å². The molecule has 0 spiro atoms. The molecule has 6 N–H and O–H groups in total. The van der Waals surface area contributed by atoms with E-state index >= 15 is 0 Å². The van der Waals surface area contributed by atoms with Crippen molar-refractivity contribution >= 4 is 11.9 Å². The van der Waals surface area contributed by atoms with Crippen LogP contribution in [0.5, 0.6) is 11.5 Å². The molecule has 2 rings (SSSR count). The second kappa shape index (κ2) is 8.27. The average molecular weight is 344 g/mol. The van der Waals surface area contributed by atoms with Gasteiger partial charge in [0.15, 0.2) is 0 Å². The Labute approximate surface area is 144 Å². The van der Waals surface area contributed by atoms with E-state index < -0.39 is 24.0 Å². The quantitative estimate of drug-likeness (QED) is 0.431. The number of carbonyl (C=O) groups is 2. The summed E-state index contributed by atoms with van der Waals surface area (Å²) < 4.78 is 5.22. The molecule has 0 bridgehead atoms. The number of hydrogen-bond acceptors (Lipinski definition) is 6.